The molecule has 0 bridgehead atoms. The molecule has 4 heteroatoms. The maximum atomic E-state index is 14.0. The lowest BCUT2D eigenvalue weighted by Gasteiger charge is -2.18. The fraction of sp³-hybridized carbons (Fsp3) is 0.538. The van der Waals surface area contributed by atoms with Gasteiger partial charge in [-0.15, -0.1) is 11.6 Å². The van der Waals surface area contributed by atoms with Crippen molar-refractivity contribution in [2.45, 2.75) is 43.4 Å². The summed E-state index contributed by atoms with van der Waals surface area (Å²) in [5, 5.41) is 0.0280. The minimum absolute atomic E-state index is 0.0280. The Morgan fingerprint density at radius 2 is 1.88 bits per heavy atom. The van der Waals surface area contributed by atoms with Crippen molar-refractivity contribution in [3.8, 4) is 0 Å². The summed E-state index contributed by atoms with van der Waals surface area (Å²) >= 11 is 9.26. The van der Waals surface area contributed by atoms with Crippen LogP contribution in [0.5, 0.6) is 0 Å². The van der Waals surface area contributed by atoms with Crippen molar-refractivity contribution in [1.29, 1.82) is 0 Å². The summed E-state index contributed by atoms with van der Waals surface area (Å²) < 4.78 is 28.1. The zero-order valence-corrected chi connectivity index (χ0v) is 11.7. The number of rotatable bonds is 1. The molecule has 0 N–H and O–H groups in total. The highest BCUT2D eigenvalue weighted by Gasteiger charge is 2.26. The third kappa shape index (κ3) is 3.00. The van der Waals surface area contributed by atoms with Crippen LogP contribution < -0.4 is 0 Å². The predicted octanol–water partition coefficient (Wildman–Crippen LogP) is 5.38. The first-order chi connectivity index (χ1) is 8.09. The van der Waals surface area contributed by atoms with Crippen LogP contribution in [0.4, 0.5) is 8.78 Å². The fourth-order valence-electron chi connectivity index (χ4n) is 2.48. The van der Waals surface area contributed by atoms with Crippen LogP contribution in [0.25, 0.3) is 0 Å². The van der Waals surface area contributed by atoms with Gasteiger partial charge in [0.1, 0.15) is 11.6 Å². The van der Waals surface area contributed by atoms with Crippen LogP contribution in [0.1, 0.15) is 43.6 Å². The van der Waals surface area contributed by atoms with Crippen LogP contribution in [0.3, 0.4) is 0 Å². The van der Waals surface area contributed by atoms with Crippen LogP contribution in [-0.4, -0.2) is 5.38 Å². The molecule has 0 heterocycles. The molecular weight excluding hydrogens is 309 g/mol. The van der Waals surface area contributed by atoms with Crippen molar-refractivity contribution in [2.24, 2.45) is 0 Å². The minimum atomic E-state index is -0.472. The monoisotopic (exact) mass is 322 g/mol. The highest BCUT2D eigenvalue weighted by molar-refractivity contribution is 9.10. The van der Waals surface area contributed by atoms with Gasteiger partial charge in [0.15, 0.2) is 0 Å². The number of hydrogen-bond donors (Lipinski definition) is 0. The van der Waals surface area contributed by atoms with Gasteiger partial charge in [-0.3, -0.25) is 0 Å². The summed E-state index contributed by atoms with van der Waals surface area (Å²) in [7, 11) is 0. The number of halogens is 4. The van der Waals surface area contributed by atoms with Gasteiger partial charge in [0.25, 0.3) is 0 Å². The van der Waals surface area contributed by atoms with Crippen molar-refractivity contribution in [2.75, 3.05) is 0 Å². The molecule has 1 aromatic carbocycles. The van der Waals surface area contributed by atoms with Gasteiger partial charge in [-0.1, -0.05) is 12.8 Å². The van der Waals surface area contributed by atoms with Crippen molar-refractivity contribution >= 4 is 27.5 Å². The number of benzene rings is 1. The molecule has 0 saturated heterocycles. The Morgan fingerprint density at radius 3 is 2.65 bits per heavy atom. The van der Waals surface area contributed by atoms with Crippen LogP contribution in [0.2, 0.25) is 0 Å². The van der Waals surface area contributed by atoms with Gasteiger partial charge in [0.05, 0.1) is 4.47 Å². The van der Waals surface area contributed by atoms with Gasteiger partial charge >= 0.3 is 0 Å². The van der Waals surface area contributed by atoms with Gasteiger partial charge in [-0.2, -0.15) is 0 Å². The number of alkyl halides is 1. The largest absolute Gasteiger partial charge is 0.207 e. The van der Waals surface area contributed by atoms with Crippen LogP contribution in [-0.2, 0) is 0 Å². The summed E-state index contributed by atoms with van der Waals surface area (Å²) in [5.74, 6) is -1.03. The highest BCUT2D eigenvalue weighted by Crippen LogP contribution is 2.37. The molecule has 1 fully saturated rings. The molecule has 0 spiro atoms. The van der Waals surface area contributed by atoms with Crippen LogP contribution >= 0.6 is 27.5 Å². The van der Waals surface area contributed by atoms with E-state index in [1.54, 1.807) is 0 Å². The van der Waals surface area contributed by atoms with E-state index in [4.69, 9.17) is 11.6 Å². The average Bonchev–Trinajstić information content (AvgIpc) is 2.49. The molecule has 1 aliphatic carbocycles. The lowest BCUT2D eigenvalue weighted by Crippen LogP contribution is -2.09. The minimum Gasteiger partial charge on any atom is -0.207 e. The van der Waals surface area contributed by atoms with Gasteiger partial charge < -0.3 is 0 Å². The maximum absolute atomic E-state index is 14.0. The second-order valence-corrected chi connectivity index (χ2v) is 6.04. The molecule has 1 saturated carbocycles. The first-order valence-corrected chi connectivity index (χ1v) is 7.10. The second kappa shape index (κ2) is 5.66. The summed E-state index contributed by atoms with van der Waals surface area (Å²) in [6, 6.07) is 2.72. The Kier molecular flexibility index (Phi) is 4.42. The van der Waals surface area contributed by atoms with Crippen molar-refractivity contribution in [1.82, 2.24) is 0 Å². The summed E-state index contributed by atoms with van der Waals surface area (Å²) in [6.45, 7) is 0. The Labute approximate surface area is 113 Å². The van der Waals surface area contributed by atoms with Gasteiger partial charge in [0, 0.05) is 10.9 Å². The third-order valence-electron chi connectivity index (χ3n) is 3.35. The quantitative estimate of drug-likeness (QED) is 0.370. The molecule has 0 aromatic heterocycles. The van der Waals surface area contributed by atoms with Crippen molar-refractivity contribution in [3.63, 3.8) is 0 Å². The fourth-order valence-corrected chi connectivity index (χ4v) is 3.20. The van der Waals surface area contributed by atoms with E-state index in [1.165, 1.54) is 12.1 Å². The van der Waals surface area contributed by atoms with E-state index in [2.05, 4.69) is 15.9 Å². The SMILES string of the molecule is Fc1ccc(Br)c(F)c1C1CCCCC(Cl)C1. The lowest BCUT2D eigenvalue weighted by molar-refractivity contribution is 0.491. The first-order valence-electron chi connectivity index (χ1n) is 5.87. The Morgan fingerprint density at radius 1 is 1.18 bits per heavy atom. The Hall–Kier alpha value is -0.150. The van der Waals surface area contributed by atoms with Crippen molar-refractivity contribution < 1.29 is 8.78 Å². The molecule has 2 rings (SSSR count). The van der Waals surface area contributed by atoms with Crippen molar-refractivity contribution in [3.05, 3.63) is 33.8 Å². The normalized spacial score (nSPS) is 25.6. The van der Waals surface area contributed by atoms with E-state index in [-0.39, 0.29) is 16.9 Å². The van der Waals surface area contributed by atoms with Crippen LogP contribution in [0.15, 0.2) is 16.6 Å². The summed E-state index contributed by atoms with van der Waals surface area (Å²) in [4.78, 5) is 0. The summed E-state index contributed by atoms with van der Waals surface area (Å²) in [5.41, 5.74) is 0.201. The van der Waals surface area contributed by atoms with Crippen LogP contribution in [0, 0.1) is 11.6 Å². The zero-order valence-electron chi connectivity index (χ0n) is 9.36. The molecular formula is C13H14BrClF2. The van der Waals surface area contributed by atoms with E-state index in [0.717, 1.165) is 25.7 Å². The topological polar surface area (TPSA) is 0 Å². The molecule has 94 valence electrons. The Bertz CT molecular complexity index is 409. The first kappa shape index (κ1) is 13.3. The standard InChI is InChI=1S/C13H14BrClF2/c14-10-5-6-11(16)12(13(10)17)8-3-1-2-4-9(15)7-8/h5-6,8-9H,1-4,7H2. The molecule has 0 radical (unpaired) electrons. The molecule has 0 amide bonds. The predicted molar refractivity (Wildman–Crippen MR) is 69.5 cm³/mol. The zero-order chi connectivity index (χ0) is 12.4. The van der Waals surface area contributed by atoms with E-state index in [0.29, 0.717) is 10.9 Å². The Balaban J connectivity index is 2.34. The molecule has 2 unspecified atom stereocenters. The van der Waals surface area contributed by atoms with E-state index >= 15 is 0 Å². The molecule has 1 aromatic rings. The van der Waals surface area contributed by atoms with Gasteiger partial charge in [-0.05, 0) is 53.2 Å². The van der Waals surface area contributed by atoms with Gasteiger partial charge in [-0.25, -0.2) is 8.78 Å². The molecule has 17 heavy (non-hydrogen) atoms. The molecule has 0 nitrogen and oxygen atoms in total. The average molecular weight is 324 g/mol. The third-order valence-corrected chi connectivity index (χ3v) is 4.36. The van der Waals surface area contributed by atoms with E-state index in [9.17, 15) is 8.78 Å². The smallest absolute Gasteiger partial charge is 0.143 e. The molecule has 1 aliphatic rings. The summed E-state index contributed by atoms with van der Waals surface area (Å²) in [6.07, 6.45) is 4.44. The highest BCUT2D eigenvalue weighted by atomic mass is 79.9. The molecule has 2 atom stereocenters. The molecule has 0 aliphatic heterocycles. The maximum Gasteiger partial charge on any atom is 0.143 e. The number of hydrogen-bond acceptors (Lipinski definition) is 0. The van der Waals surface area contributed by atoms with Gasteiger partial charge in [0.2, 0.25) is 0 Å². The van der Waals surface area contributed by atoms with E-state index < -0.39 is 11.6 Å². The second-order valence-electron chi connectivity index (χ2n) is 4.57. The lowest BCUT2D eigenvalue weighted by atomic mass is 9.91. The van der Waals surface area contributed by atoms with E-state index in [1.807, 2.05) is 0 Å².